The van der Waals surface area contributed by atoms with Gasteiger partial charge in [-0.2, -0.15) is 0 Å². The monoisotopic (exact) mass is 584 g/mol. The van der Waals surface area contributed by atoms with Gasteiger partial charge in [-0.3, -0.25) is 14.4 Å². The Morgan fingerprint density at radius 1 is 1.00 bits per heavy atom. The van der Waals surface area contributed by atoms with E-state index >= 15 is 0 Å². The summed E-state index contributed by atoms with van der Waals surface area (Å²) in [4.78, 5) is 43.8. The third-order valence-electron chi connectivity index (χ3n) is 8.24. The van der Waals surface area contributed by atoms with Crippen molar-refractivity contribution in [3.05, 3.63) is 35.9 Å². The van der Waals surface area contributed by atoms with E-state index in [1.165, 1.54) is 6.42 Å². The Morgan fingerprint density at radius 3 is 2.26 bits per heavy atom. The Kier molecular flexibility index (Phi) is 15.6. The number of hydrogen-bond acceptors (Lipinski definition) is 6. The molecule has 42 heavy (non-hydrogen) atoms. The molecule has 1 aliphatic carbocycles. The van der Waals surface area contributed by atoms with E-state index in [4.69, 9.17) is 6.42 Å². The lowest BCUT2D eigenvalue weighted by Gasteiger charge is -2.33. The first kappa shape index (κ1) is 35.3. The summed E-state index contributed by atoms with van der Waals surface area (Å²) in [5.74, 6) is 1.02. The van der Waals surface area contributed by atoms with Crippen molar-refractivity contribution in [1.82, 2.24) is 20.4 Å². The molecule has 0 aromatic heterocycles. The molecule has 0 saturated heterocycles. The van der Waals surface area contributed by atoms with Gasteiger partial charge in [0, 0.05) is 33.0 Å². The van der Waals surface area contributed by atoms with Crippen molar-refractivity contribution in [2.24, 2.45) is 11.8 Å². The molecule has 234 valence electrons. The summed E-state index contributed by atoms with van der Waals surface area (Å²) in [6.07, 6.45) is 10.1. The normalized spacial score (nSPS) is 17.4. The third kappa shape index (κ3) is 12.1. The maximum atomic E-state index is 13.6. The van der Waals surface area contributed by atoms with Gasteiger partial charge in [0.25, 0.3) is 0 Å². The number of amides is 3. The zero-order valence-corrected chi connectivity index (χ0v) is 25.9. The lowest BCUT2D eigenvalue weighted by Crippen LogP contribution is -2.55. The molecule has 1 fully saturated rings. The van der Waals surface area contributed by atoms with E-state index in [0.717, 1.165) is 31.2 Å². The largest absolute Gasteiger partial charge is 0.390 e. The minimum atomic E-state index is -1.13. The second-order valence-electron chi connectivity index (χ2n) is 12.0. The molecule has 9 nitrogen and oxygen atoms in total. The number of terminal acetylenes is 1. The van der Waals surface area contributed by atoms with Crippen molar-refractivity contribution in [2.75, 3.05) is 34.2 Å². The zero-order chi connectivity index (χ0) is 31.1. The fourth-order valence-electron chi connectivity index (χ4n) is 5.47. The Hall–Kier alpha value is -2.93. The summed E-state index contributed by atoms with van der Waals surface area (Å²) in [6.45, 7) is 3.01. The summed E-state index contributed by atoms with van der Waals surface area (Å²) in [5, 5.41) is 27.0. The van der Waals surface area contributed by atoms with Gasteiger partial charge in [-0.15, -0.1) is 12.3 Å². The lowest BCUT2D eigenvalue weighted by molar-refractivity contribution is -0.136. The summed E-state index contributed by atoms with van der Waals surface area (Å²) in [6, 6.07) is 7.76. The second kappa shape index (κ2) is 18.6. The standard InChI is InChI=1S/C33H52N4O5/c1-6-14-27(33(42)35-28(31(40)29(38)7-2)22-25-17-12-9-13-18-25)34-32(41)26(21-24-15-10-8-11-16-24)23-30(39)37(5)20-19-36(3)4/h1,8,10-11,15-16,25-29,31,38,40H,7,9,12-14,17-23H2,2-5H3,(H,34,41)(H,35,42)/t26-,27+,28?,29+,31-/m1/s1. The molecule has 0 aliphatic heterocycles. The molecule has 4 N–H and O–H groups in total. The number of nitrogens with zero attached hydrogens (tertiary/aromatic N) is 2. The van der Waals surface area contributed by atoms with Gasteiger partial charge in [-0.25, -0.2) is 0 Å². The van der Waals surface area contributed by atoms with Gasteiger partial charge in [0.2, 0.25) is 17.7 Å². The molecular weight excluding hydrogens is 532 g/mol. The van der Waals surface area contributed by atoms with Crippen molar-refractivity contribution in [3.8, 4) is 12.3 Å². The molecule has 1 unspecified atom stereocenters. The van der Waals surface area contributed by atoms with Crippen LogP contribution in [0.1, 0.15) is 70.3 Å². The topological polar surface area (TPSA) is 122 Å². The van der Waals surface area contributed by atoms with Crippen LogP contribution in [0.15, 0.2) is 30.3 Å². The highest BCUT2D eigenvalue weighted by atomic mass is 16.3. The average molecular weight is 585 g/mol. The average Bonchev–Trinajstić information content (AvgIpc) is 2.98. The Balaban J connectivity index is 2.19. The number of nitrogens with one attached hydrogen (secondary N) is 2. The quantitative estimate of drug-likeness (QED) is 0.209. The minimum Gasteiger partial charge on any atom is -0.390 e. The zero-order valence-electron chi connectivity index (χ0n) is 25.9. The van der Waals surface area contributed by atoms with Crippen LogP contribution in [-0.4, -0.2) is 96.3 Å². The van der Waals surface area contributed by atoms with Gasteiger partial charge < -0.3 is 30.6 Å². The van der Waals surface area contributed by atoms with Crippen LogP contribution in [0.25, 0.3) is 0 Å². The maximum Gasteiger partial charge on any atom is 0.243 e. The number of aliphatic hydroxyl groups is 2. The first-order chi connectivity index (χ1) is 20.0. The number of hydrogen-bond donors (Lipinski definition) is 4. The predicted octanol–water partition coefficient (Wildman–Crippen LogP) is 2.35. The highest BCUT2D eigenvalue weighted by Crippen LogP contribution is 2.28. The molecule has 2 rings (SSSR count). The molecule has 9 heteroatoms. The molecule has 0 radical (unpaired) electrons. The van der Waals surface area contributed by atoms with Crippen molar-refractivity contribution < 1.29 is 24.6 Å². The number of carbonyl (C=O) groups is 3. The Bertz CT molecular complexity index is 1010. The molecular formula is C33H52N4O5. The van der Waals surface area contributed by atoms with Gasteiger partial charge in [-0.1, -0.05) is 69.4 Å². The van der Waals surface area contributed by atoms with E-state index in [1.807, 2.05) is 49.3 Å². The molecule has 1 saturated carbocycles. The third-order valence-corrected chi connectivity index (χ3v) is 8.24. The molecule has 1 aromatic carbocycles. The van der Waals surface area contributed by atoms with E-state index < -0.39 is 42.0 Å². The number of rotatable bonds is 17. The number of aliphatic hydroxyl groups excluding tert-OH is 2. The molecule has 0 spiro atoms. The smallest absolute Gasteiger partial charge is 0.243 e. The summed E-state index contributed by atoms with van der Waals surface area (Å²) in [7, 11) is 5.59. The van der Waals surface area contributed by atoms with Crippen LogP contribution < -0.4 is 10.6 Å². The van der Waals surface area contributed by atoms with E-state index in [1.54, 1.807) is 18.9 Å². The number of benzene rings is 1. The van der Waals surface area contributed by atoms with E-state index in [0.29, 0.717) is 38.3 Å². The van der Waals surface area contributed by atoms with E-state index in [-0.39, 0.29) is 18.7 Å². The maximum absolute atomic E-state index is 13.6. The summed E-state index contributed by atoms with van der Waals surface area (Å²) >= 11 is 0. The van der Waals surface area contributed by atoms with Crippen LogP contribution in [0.3, 0.4) is 0 Å². The van der Waals surface area contributed by atoms with E-state index in [2.05, 4.69) is 16.6 Å². The van der Waals surface area contributed by atoms with Crippen molar-refractivity contribution in [1.29, 1.82) is 0 Å². The second-order valence-corrected chi connectivity index (χ2v) is 12.0. The van der Waals surface area contributed by atoms with Crippen LogP contribution in [0.2, 0.25) is 0 Å². The van der Waals surface area contributed by atoms with Gasteiger partial charge >= 0.3 is 0 Å². The molecule has 3 amide bonds. The van der Waals surface area contributed by atoms with Crippen molar-refractivity contribution in [3.63, 3.8) is 0 Å². The predicted molar refractivity (Wildman–Crippen MR) is 165 cm³/mol. The van der Waals surface area contributed by atoms with Crippen LogP contribution >= 0.6 is 0 Å². The lowest BCUT2D eigenvalue weighted by atomic mass is 9.82. The first-order valence-electron chi connectivity index (χ1n) is 15.4. The minimum absolute atomic E-state index is 0.0131. The van der Waals surface area contributed by atoms with Gasteiger partial charge in [0.15, 0.2) is 0 Å². The SMILES string of the molecule is C#CC[C@H](NC(=O)[C@@H](CC(=O)N(C)CCN(C)C)Cc1ccccc1)C(=O)NC(CC1CCCCC1)[C@@H](O)[C@@H](O)CC. The Labute approximate surface area is 252 Å². The molecule has 1 aromatic rings. The molecule has 5 atom stereocenters. The van der Waals surface area contributed by atoms with Gasteiger partial charge in [-0.05, 0) is 44.8 Å². The number of carbonyl (C=O) groups excluding carboxylic acids is 3. The molecule has 0 bridgehead atoms. The van der Waals surface area contributed by atoms with Gasteiger partial charge in [0.1, 0.15) is 6.04 Å². The number of likely N-dealkylation sites (N-methyl/N-ethyl adjacent to an activating group) is 2. The van der Waals surface area contributed by atoms with Crippen LogP contribution in [0.5, 0.6) is 0 Å². The van der Waals surface area contributed by atoms with Crippen molar-refractivity contribution in [2.45, 2.75) is 95.4 Å². The van der Waals surface area contributed by atoms with Gasteiger partial charge in [0.05, 0.1) is 24.2 Å². The van der Waals surface area contributed by atoms with E-state index in [9.17, 15) is 24.6 Å². The van der Waals surface area contributed by atoms with Crippen molar-refractivity contribution >= 4 is 17.7 Å². The first-order valence-corrected chi connectivity index (χ1v) is 15.4. The fourth-order valence-corrected chi connectivity index (χ4v) is 5.47. The highest BCUT2D eigenvalue weighted by Gasteiger charge is 2.33. The van der Waals surface area contributed by atoms with Crippen LogP contribution in [0, 0.1) is 24.2 Å². The molecule has 1 aliphatic rings. The summed E-state index contributed by atoms with van der Waals surface area (Å²) < 4.78 is 0. The van der Waals surface area contributed by atoms with Crippen LogP contribution in [-0.2, 0) is 20.8 Å². The molecule has 0 heterocycles. The summed E-state index contributed by atoms with van der Waals surface area (Å²) in [5.41, 5.74) is 0.906. The fraction of sp³-hybridized carbons (Fsp3) is 0.667. The highest BCUT2D eigenvalue weighted by molar-refractivity contribution is 5.91. The Morgan fingerprint density at radius 2 is 1.67 bits per heavy atom. The van der Waals surface area contributed by atoms with Crippen LogP contribution in [0.4, 0.5) is 0 Å².